The van der Waals surface area contributed by atoms with Crippen molar-refractivity contribution >= 4 is 29.7 Å². The third kappa shape index (κ3) is 15.8. The summed E-state index contributed by atoms with van der Waals surface area (Å²) < 4.78 is 0. The molecule has 0 heterocycles. The number of carboxylic acids is 2. The largest absolute Gasteiger partial charge is 0.481 e. The molecular weight excluding hydrogens is 486 g/mol. The zero-order valence-electron chi connectivity index (χ0n) is 21.5. The van der Waals surface area contributed by atoms with Crippen molar-refractivity contribution in [1.82, 2.24) is 16.0 Å². The van der Waals surface area contributed by atoms with E-state index in [0.717, 1.165) is 0 Å². The van der Waals surface area contributed by atoms with Crippen LogP contribution in [0.15, 0.2) is 0 Å². The molecule has 4 atom stereocenters. The average Bonchev–Trinajstić information content (AvgIpc) is 2.85. The van der Waals surface area contributed by atoms with Crippen LogP contribution in [0.3, 0.4) is 0 Å². The van der Waals surface area contributed by atoms with Crippen molar-refractivity contribution in [2.45, 2.75) is 94.8 Å². The molecule has 3 amide bonds. The van der Waals surface area contributed by atoms with Crippen LogP contribution in [-0.2, 0) is 24.0 Å². The standard InChI is InChI=1S/C23H45N7O7/c24-12-4-1-7-16(28-20(33)15(27)10-11-19(31)32)21(34)29-17(8-2-5-13-25)22(35)30-18(23(36)37)9-3-6-14-26/h15-18H,1-14,24-27H2,(H,28,33)(H,29,34)(H,30,35)(H,31,32)(H,36,37). The number of carbonyl (C=O) groups excluding carboxylic acids is 3. The molecule has 14 heteroatoms. The highest BCUT2D eigenvalue weighted by Gasteiger charge is 2.30. The maximum atomic E-state index is 13.1. The number of nitrogens with two attached hydrogens (primary N) is 4. The molecule has 0 aliphatic rings. The minimum Gasteiger partial charge on any atom is -0.481 e. The molecule has 0 rings (SSSR count). The number of hydrogen-bond donors (Lipinski definition) is 9. The maximum Gasteiger partial charge on any atom is 0.326 e. The fourth-order valence-corrected chi connectivity index (χ4v) is 3.51. The minimum absolute atomic E-state index is 0.108. The number of aliphatic carboxylic acids is 2. The summed E-state index contributed by atoms with van der Waals surface area (Å²) in [6, 6.07) is -4.36. The Hall–Kier alpha value is -2.81. The predicted molar refractivity (Wildman–Crippen MR) is 137 cm³/mol. The van der Waals surface area contributed by atoms with Gasteiger partial charge in [0.25, 0.3) is 0 Å². The fraction of sp³-hybridized carbons (Fsp3) is 0.783. The molecule has 0 aliphatic heterocycles. The minimum atomic E-state index is -1.19. The first-order chi connectivity index (χ1) is 17.6. The molecule has 214 valence electrons. The van der Waals surface area contributed by atoms with Crippen molar-refractivity contribution in [2.24, 2.45) is 22.9 Å². The van der Waals surface area contributed by atoms with Crippen molar-refractivity contribution in [3.05, 3.63) is 0 Å². The summed E-state index contributed by atoms with van der Waals surface area (Å²) in [6.07, 6.45) is 3.51. The molecule has 13 N–H and O–H groups in total. The normalized spacial score (nSPS) is 14.2. The van der Waals surface area contributed by atoms with Crippen LogP contribution < -0.4 is 38.9 Å². The Labute approximate surface area is 217 Å². The van der Waals surface area contributed by atoms with Gasteiger partial charge in [-0.15, -0.1) is 0 Å². The smallest absolute Gasteiger partial charge is 0.326 e. The summed E-state index contributed by atoms with van der Waals surface area (Å²) in [5, 5.41) is 25.9. The number of rotatable bonds is 22. The van der Waals surface area contributed by atoms with Gasteiger partial charge in [0.15, 0.2) is 0 Å². The number of carbonyl (C=O) groups is 5. The van der Waals surface area contributed by atoms with Crippen LogP contribution in [0.2, 0.25) is 0 Å². The Morgan fingerprint density at radius 3 is 1.32 bits per heavy atom. The van der Waals surface area contributed by atoms with E-state index in [1.54, 1.807) is 0 Å². The van der Waals surface area contributed by atoms with Crippen LogP contribution >= 0.6 is 0 Å². The van der Waals surface area contributed by atoms with Crippen LogP contribution in [-0.4, -0.2) is 83.7 Å². The van der Waals surface area contributed by atoms with Gasteiger partial charge < -0.3 is 49.1 Å². The number of unbranched alkanes of at least 4 members (excludes halogenated alkanes) is 3. The summed E-state index contributed by atoms with van der Waals surface area (Å²) in [5.41, 5.74) is 22.3. The maximum absolute atomic E-state index is 13.1. The first-order valence-electron chi connectivity index (χ1n) is 12.8. The van der Waals surface area contributed by atoms with Crippen LogP contribution in [0.25, 0.3) is 0 Å². The third-order valence-electron chi connectivity index (χ3n) is 5.73. The quantitative estimate of drug-likeness (QED) is 0.0696. The highest BCUT2D eigenvalue weighted by molar-refractivity contribution is 5.94. The number of hydrogen-bond acceptors (Lipinski definition) is 9. The zero-order chi connectivity index (χ0) is 28.2. The van der Waals surface area contributed by atoms with E-state index in [0.29, 0.717) is 58.2 Å². The first-order valence-corrected chi connectivity index (χ1v) is 12.8. The lowest BCUT2D eigenvalue weighted by Gasteiger charge is -2.25. The number of carboxylic acid groups (broad SMARTS) is 2. The van der Waals surface area contributed by atoms with Crippen LogP contribution in [0.4, 0.5) is 0 Å². The Kier molecular flexibility index (Phi) is 18.7. The van der Waals surface area contributed by atoms with Crippen LogP contribution in [0.5, 0.6) is 0 Å². The van der Waals surface area contributed by atoms with Crippen molar-refractivity contribution < 1.29 is 34.2 Å². The fourth-order valence-electron chi connectivity index (χ4n) is 3.51. The topological polar surface area (TPSA) is 266 Å². The summed E-state index contributed by atoms with van der Waals surface area (Å²) >= 11 is 0. The Balaban J connectivity index is 5.48. The second-order valence-electron chi connectivity index (χ2n) is 8.91. The van der Waals surface area contributed by atoms with E-state index in [1.165, 1.54) is 0 Å². The van der Waals surface area contributed by atoms with Crippen molar-refractivity contribution in [2.75, 3.05) is 19.6 Å². The van der Waals surface area contributed by atoms with Gasteiger partial charge in [0, 0.05) is 6.42 Å². The Bertz CT molecular complexity index is 724. The van der Waals surface area contributed by atoms with Gasteiger partial charge in [0.1, 0.15) is 18.1 Å². The number of nitrogens with one attached hydrogen (secondary N) is 3. The molecule has 0 saturated heterocycles. The van der Waals surface area contributed by atoms with E-state index in [9.17, 15) is 29.1 Å². The van der Waals surface area contributed by atoms with E-state index in [2.05, 4.69) is 16.0 Å². The first kappa shape index (κ1) is 34.2. The van der Waals surface area contributed by atoms with E-state index < -0.39 is 53.8 Å². The SMILES string of the molecule is NCCCCC(NC(=O)C(CCCCN)NC(=O)C(CCCCN)NC(=O)C(N)CCC(=O)O)C(=O)O. The zero-order valence-corrected chi connectivity index (χ0v) is 21.5. The summed E-state index contributed by atoms with van der Waals surface area (Å²) in [6.45, 7) is 1.16. The summed E-state index contributed by atoms with van der Waals surface area (Å²) in [7, 11) is 0. The molecule has 0 aromatic heterocycles. The molecule has 0 spiro atoms. The van der Waals surface area contributed by atoms with Crippen LogP contribution in [0.1, 0.15) is 70.6 Å². The molecule has 0 aromatic carbocycles. The van der Waals surface area contributed by atoms with Gasteiger partial charge in [0.2, 0.25) is 17.7 Å². The number of amides is 3. The highest BCUT2D eigenvalue weighted by atomic mass is 16.4. The van der Waals surface area contributed by atoms with Crippen molar-refractivity contribution in [1.29, 1.82) is 0 Å². The van der Waals surface area contributed by atoms with Crippen LogP contribution in [0, 0.1) is 0 Å². The van der Waals surface area contributed by atoms with Crippen molar-refractivity contribution in [3.63, 3.8) is 0 Å². The average molecular weight is 532 g/mol. The lowest BCUT2D eigenvalue weighted by atomic mass is 10.0. The molecule has 0 fully saturated rings. The van der Waals surface area contributed by atoms with Gasteiger partial charge in [-0.2, -0.15) is 0 Å². The molecule has 14 nitrogen and oxygen atoms in total. The van der Waals surface area contributed by atoms with E-state index >= 15 is 0 Å². The van der Waals surface area contributed by atoms with Gasteiger partial charge in [-0.3, -0.25) is 19.2 Å². The molecule has 4 unspecified atom stereocenters. The van der Waals surface area contributed by atoms with Gasteiger partial charge in [-0.05, 0) is 83.8 Å². The molecule has 0 saturated carbocycles. The lowest BCUT2D eigenvalue weighted by Crippen LogP contribution is -2.57. The van der Waals surface area contributed by atoms with Gasteiger partial charge in [-0.1, -0.05) is 0 Å². The molecule has 0 aliphatic carbocycles. The van der Waals surface area contributed by atoms with E-state index in [1.807, 2.05) is 0 Å². The molecule has 0 aromatic rings. The molecule has 37 heavy (non-hydrogen) atoms. The van der Waals surface area contributed by atoms with Gasteiger partial charge in [-0.25, -0.2) is 4.79 Å². The third-order valence-corrected chi connectivity index (χ3v) is 5.73. The second kappa shape index (κ2) is 20.3. The molecule has 0 bridgehead atoms. The van der Waals surface area contributed by atoms with E-state index in [4.69, 9.17) is 28.0 Å². The van der Waals surface area contributed by atoms with Gasteiger partial charge in [0.05, 0.1) is 6.04 Å². The predicted octanol–water partition coefficient (Wildman–Crippen LogP) is -1.90. The molecular formula is C23H45N7O7. The van der Waals surface area contributed by atoms with Crippen molar-refractivity contribution in [3.8, 4) is 0 Å². The van der Waals surface area contributed by atoms with Gasteiger partial charge >= 0.3 is 11.9 Å². The Morgan fingerprint density at radius 2 is 0.946 bits per heavy atom. The van der Waals surface area contributed by atoms with E-state index in [-0.39, 0.29) is 32.1 Å². The highest BCUT2D eigenvalue weighted by Crippen LogP contribution is 2.08. The Morgan fingerprint density at radius 1 is 0.568 bits per heavy atom. The summed E-state index contributed by atoms with van der Waals surface area (Å²) in [4.78, 5) is 60.9. The second-order valence-corrected chi connectivity index (χ2v) is 8.91. The molecule has 0 radical (unpaired) electrons. The summed E-state index contributed by atoms with van der Waals surface area (Å²) in [5.74, 6) is -4.28. The monoisotopic (exact) mass is 531 g/mol. The lowest BCUT2D eigenvalue weighted by molar-refractivity contribution is -0.142.